The fourth-order valence-corrected chi connectivity index (χ4v) is 4.44. The number of carboxylic acids is 1. The van der Waals surface area contributed by atoms with E-state index in [0.29, 0.717) is 17.9 Å². The molecule has 4 rings (SSSR count). The molecule has 2 atom stereocenters. The van der Waals surface area contributed by atoms with Gasteiger partial charge in [-0.05, 0) is 37.1 Å². The lowest BCUT2D eigenvalue weighted by Gasteiger charge is -2.36. The summed E-state index contributed by atoms with van der Waals surface area (Å²) in [5.74, 6) is -0.877. The molecule has 0 bridgehead atoms. The molecule has 1 amide bonds. The molecule has 0 fully saturated rings. The number of fused-ring (bicyclic) bond motifs is 1. The van der Waals surface area contributed by atoms with Crippen LogP contribution in [0.4, 0.5) is 5.69 Å². The van der Waals surface area contributed by atoms with Crippen LogP contribution in [0.15, 0.2) is 53.9 Å². The fourth-order valence-electron chi connectivity index (χ4n) is 3.60. The van der Waals surface area contributed by atoms with Crippen molar-refractivity contribution in [3.63, 3.8) is 0 Å². The van der Waals surface area contributed by atoms with Gasteiger partial charge in [0.1, 0.15) is 11.8 Å². The Balaban J connectivity index is 1.69. The third-order valence-electron chi connectivity index (χ3n) is 5.14. The molecule has 0 saturated carbocycles. The van der Waals surface area contributed by atoms with Crippen LogP contribution in [0.1, 0.15) is 30.8 Å². The molecule has 1 N–H and O–H groups in total. The van der Waals surface area contributed by atoms with Crippen molar-refractivity contribution in [3.8, 4) is 17.0 Å². The quantitative estimate of drug-likeness (QED) is 0.638. The van der Waals surface area contributed by atoms with Gasteiger partial charge in [-0.1, -0.05) is 37.3 Å². The highest BCUT2D eigenvalue weighted by molar-refractivity contribution is 7.10. The number of aromatic nitrogens is 1. The maximum absolute atomic E-state index is 12.8. The summed E-state index contributed by atoms with van der Waals surface area (Å²) in [6, 6.07) is 14.7. The third-order valence-corrected chi connectivity index (χ3v) is 5.99. The zero-order chi connectivity index (χ0) is 21.3. The molecule has 6 nitrogen and oxygen atoms in total. The van der Waals surface area contributed by atoms with Gasteiger partial charge in [-0.25, -0.2) is 9.78 Å². The van der Waals surface area contributed by atoms with Crippen LogP contribution < -0.4 is 9.64 Å². The molecule has 2 aromatic carbocycles. The fraction of sp³-hybridized carbons (Fsp3) is 0.261. The van der Waals surface area contributed by atoms with E-state index >= 15 is 0 Å². The Bertz CT molecular complexity index is 1080. The summed E-state index contributed by atoms with van der Waals surface area (Å²) in [7, 11) is 0. The number of thiazole rings is 1. The van der Waals surface area contributed by atoms with E-state index in [-0.39, 0.29) is 5.91 Å². The summed E-state index contributed by atoms with van der Waals surface area (Å²) < 4.78 is 5.72. The van der Waals surface area contributed by atoms with Gasteiger partial charge in [0, 0.05) is 17.4 Å². The molecular weight excluding hydrogens is 400 g/mol. The van der Waals surface area contributed by atoms with Crippen molar-refractivity contribution in [2.75, 3.05) is 4.90 Å². The van der Waals surface area contributed by atoms with Crippen LogP contribution in [0, 0.1) is 0 Å². The summed E-state index contributed by atoms with van der Waals surface area (Å²) in [6.07, 6.45) is 0.321. The number of rotatable bonds is 6. The zero-order valence-electron chi connectivity index (χ0n) is 16.7. The Kier molecular flexibility index (Phi) is 5.55. The van der Waals surface area contributed by atoms with E-state index in [1.165, 1.54) is 10.5 Å². The number of aliphatic carboxylic acids is 1. The van der Waals surface area contributed by atoms with Crippen molar-refractivity contribution < 1.29 is 19.4 Å². The van der Waals surface area contributed by atoms with Gasteiger partial charge >= 0.3 is 5.97 Å². The van der Waals surface area contributed by atoms with Crippen LogP contribution in [-0.4, -0.2) is 34.1 Å². The maximum atomic E-state index is 12.8. The molecule has 1 aliphatic heterocycles. The van der Waals surface area contributed by atoms with E-state index < -0.39 is 18.1 Å². The van der Waals surface area contributed by atoms with E-state index in [1.54, 1.807) is 37.3 Å². The molecule has 2 heterocycles. The van der Waals surface area contributed by atoms with Crippen molar-refractivity contribution in [1.82, 2.24) is 4.98 Å². The van der Waals surface area contributed by atoms with E-state index in [9.17, 15) is 14.7 Å². The summed E-state index contributed by atoms with van der Waals surface area (Å²) >= 11 is 1.58. The Morgan fingerprint density at radius 1 is 1.27 bits per heavy atom. The van der Waals surface area contributed by atoms with Gasteiger partial charge in [-0.3, -0.25) is 9.69 Å². The highest BCUT2D eigenvalue weighted by Gasteiger charge is 2.38. The van der Waals surface area contributed by atoms with E-state index in [1.807, 2.05) is 29.6 Å². The molecule has 1 aromatic heterocycles. The van der Waals surface area contributed by atoms with Gasteiger partial charge < -0.3 is 9.84 Å². The van der Waals surface area contributed by atoms with Crippen molar-refractivity contribution in [3.05, 3.63) is 64.5 Å². The molecular formula is C23H22N2O4S. The molecule has 30 heavy (non-hydrogen) atoms. The molecule has 2 unspecified atom stereocenters. The predicted molar refractivity (Wildman–Crippen MR) is 116 cm³/mol. The first-order chi connectivity index (χ1) is 14.5. The normalized spacial score (nSPS) is 16.7. The first kappa shape index (κ1) is 20.1. The standard InChI is InChI=1S/C23H22N2O4S/c1-3-18(23(27)28)25-19-12-16(9-10-20(19)29-14(2)22(25)26)17-13-30-21(24-17)11-15-7-5-4-6-8-15/h4-10,12-14,18H,3,11H2,1-2H3,(H,27,28). The Morgan fingerprint density at radius 2 is 2.03 bits per heavy atom. The number of hydrogen-bond acceptors (Lipinski definition) is 5. The number of anilines is 1. The van der Waals surface area contributed by atoms with Gasteiger partial charge in [0.15, 0.2) is 6.10 Å². The lowest BCUT2D eigenvalue weighted by molar-refractivity contribution is -0.141. The predicted octanol–water partition coefficient (Wildman–Crippen LogP) is 4.38. The molecule has 3 aromatic rings. The first-order valence-corrected chi connectivity index (χ1v) is 10.7. The summed E-state index contributed by atoms with van der Waals surface area (Å²) in [5.41, 5.74) is 3.28. The highest BCUT2D eigenvalue weighted by atomic mass is 32.1. The average Bonchev–Trinajstić information content (AvgIpc) is 3.20. The molecule has 0 radical (unpaired) electrons. The maximum Gasteiger partial charge on any atom is 0.326 e. The van der Waals surface area contributed by atoms with Crippen LogP contribution >= 0.6 is 11.3 Å². The largest absolute Gasteiger partial charge is 0.480 e. The molecule has 1 aliphatic rings. The number of carbonyl (C=O) groups is 2. The van der Waals surface area contributed by atoms with Gasteiger partial charge in [0.25, 0.3) is 5.91 Å². The number of carboxylic acid groups (broad SMARTS) is 1. The minimum absolute atomic E-state index is 0.301. The van der Waals surface area contributed by atoms with Crippen molar-refractivity contribution in [2.45, 2.75) is 38.8 Å². The number of amides is 1. The van der Waals surface area contributed by atoms with Crippen LogP contribution in [0.25, 0.3) is 11.3 Å². The van der Waals surface area contributed by atoms with E-state index in [2.05, 4.69) is 12.1 Å². The number of nitrogens with zero attached hydrogens (tertiary/aromatic N) is 2. The molecule has 0 spiro atoms. The summed E-state index contributed by atoms with van der Waals surface area (Å²) in [6.45, 7) is 3.39. The number of ether oxygens (including phenoxy) is 1. The van der Waals surface area contributed by atoms with Crippen molar-refractivity contribution >= 4 is 28.9 Å². The van der Waals surface area contributed by atoms with Crippen LogP contribution in [0.5, 0.6) is 5.75 Å². The lowest BCUT2D eigenvalue weighted by Crippen LogP contribution is -2.52. The topological polar surface area (TPSA) is 79.7 Å². The second kappa shape index (κ2) is 8.28. The first-order valence-electron chi connectivity index (χ1n) is 9.83. The van der Waals surface area contributed by atoms with Crippen molar-refractivity contribution in [2.24, 2.45) is 0 Å². The van der Waals surface area contributed by atoms with Gasteiger partial charge in [-0.15, -0.1) is 11.3 Å². The SMILES string of the molecule is CCC(C(=O)O)N1C(=O)C(C)Oc2ccc(-c3csc(Cc4ccccc4)n3)cc21. The van der Waals surface area contributed by atoms with Crippen molar-refractivity contribution in [1.29, 1.82) is 0 Å². The van der Waals surface area contributed by atoms with Crippen LogP contribution in [0.3, 0.4) is 0 Å². The lowest BCUT2D eigenvalue weighted by atomic mass is 10.0. The molecule has 154 valence electrons. The third kappa shape index (κ3) is 3.80. The number of benzene rings is 2. The number of hydrogen-bond donors (Lipinski definition) is 1. The Hall–Kier alpha value is -3.19. The van der Waals surface area contributed by atoms with Gasteiger partial charge in [0.2, 0.25) is 0 Å². The highest BCUT2D eigenvalue weighted by Crippen LogP contribution is 2.39. The van der Waals surface area contributed by atoms with Gasteiger partial charge in [0.05, 0.1) is 16.4 Å². The van der Waals surface area contributed by atoms with Crippen LogP contribution in [-0.2, 0) is 16.0 Å². The summed E-state index contributed by atoms with van der Waals surface area (Å²) in [5, 5.41) is 12.6. The zero-order valence-corrected chi connectivity index (χ0v) is 17.6. The minimum atomic E-state index is -1.03. The second-order valence-corrected chi connectivity index (χ2v) is 8.14. The summed E-state index contributed by atoms with van der Waals surface area (Å²) in [4.78, 5) is 30.6. The number of carbonyl (C=O) groups excluding carboxylic acids is 1. The Labute approximate surface area is 178 Å². The monoisotopic (exact) mass is 422 g/mol. The van der Waals surface area contributed by atoms with Gasteiger partial charge in [-0.2, -0.15) is 0 Å². The van der Waals surface area contributed by atoms with E-state index in [4.69, 9.17) is 9.72 Å². The van der Waals surface area contributed by atoms with Crippen LogP contribution in [0.2, 0.25) is 0 Å². The molecule has 7 heteroatoms. The average molecular weight is 423 g/mol. The van der Waals surface area contributed by atoms with E-state index in [0.717, 1.165) is 22.7 Å². The Morgan fingerprint density at radius 3 is 2.73 bits per heavy atom. The molecule has 0 aliphatic carbocycles. The molecule has 0 saturated heterocycles. The smallest absolute Gasteiger partial charge is 0.326 e. The second-order valence-electron chi connectivity index (χ2n) is 7.20. The minimum Gasteiger partial charge on any atom is -0.480 e.